The van der Waals surface area contributed by atoms with Crippen molar-refractivity contribution in [3.63, 3.8) is 0 Å². The van der Waals surface area contributed by atoms with Crippen LogP contribution >= 0.6 is 0 Å². The number of nitrogens with one attached hydrogen (secondary N) is 2. The first-order chi connectivity index (χ1) is 14.2. The van der Waals surface area contributed by atoms with Crippen LogP contribution in [0.15, 0.2) is 78.4 Å². The number of allylic oxidation sites excluding steroid dienone is 2. The van der Waals surface area contributed by atoms with Gasteiger partial charge in [-0.15, -0.1) is 0 Å². The molecule has 0 radical (unpaired) electrons. The second-order valence-electron chi connectivity index (χ2n) is 7.08. The molecule has 3 rings (SSSR count). The van der Waals surface area contributed by atoms with Crippen LogP contribution in [-0.2, 0) is 22.6 Å². The highest BCUT2D eigenvalue weighted by Crippen LogP contribution is 2.27. The smallest absolute Gasteiger partial charge is 0.250 e. The molecule has 0 saturated heterocycles. The minimum atomic E-state index is -0.168. The zero-order chi connectivity index (χ0) is 20.5. The molecule has 0 bridgehead atoms. The fraction of sp³-hybridized carbons (Fsp3) is 0.250. The maximum atomic E-state index is 12.4. The quantitative estimate of drug-likeness (QED) is 0.649. The van der Waals surface area contributed by atoms with Crippen LogP contribution < -0.4 is 16.4 Å². The Bertz CT molecular complexity index is 903. The van der Waals surface area contributed by atoms with Crippen LogP contribution in [0.4, 0.5) is 0 Å². The van der Waals surface area contributed by atoms with Gasteiger partial charge in [0, 0.05) is 24.6 Å². The Morgan fingerprint density at radius 1 is 1.00 bits per heavy atom. The summed E-state index contributed by atoms with van der Waals surface area (Å²) in [6.45, 7) is 1.07. The van der Waals surface area contributed by atoms with E-state index in [1.807, 2.05) is 42.5 Å². The van der Waals surface area contributed by atoms with Crippen molar-refractivity contribution in [2.24, 2.45) is 5.73 Å². The first-order valence-corrected chi connectivity index (χ1v) is 9.92. The monoisotopic (exact) mass is 389 g/mol. The summed E-state index contributed by atoms with van der Waals surface area (Å²) in [5.74, 6) is 0.0220. The molecule has 0 spiro atoms. The maximum absolute atomic E-state index is 12.4. The minimum absolute atomic E-state index is 0.00790. The molecule has 0 saturated carbocycles. The van der Waals surface area contributed by atoms with Crippen LogP contribution in [0, 0.1) is 0 Å². The van der Waals surface area contributed by atoms with Gasteiger partial charge in [0.1, 0.15) is 0 Å². The van der Waals surface area contributed by atoms with E-state index in [4.69, 9.17) is 5.73 Å². The number of benzene rings is 2. The molecule has 0 aromatic heterocycles. The molecule has 1 aliphatic carbocycles. The lowest BCUT2D eigenvalue weighted by atomic mass is 9.89. The van der Waals surface area contributed by atoms with Crippen molar-refractivity contribution in [1.82, 2.24) is 10.6 Å². The highest BCUT2D eigenvalue weighted by atomic mass is 16.2. The van der Waals surface area contributed by atoms with Gasteiger partial charge >= 0.3 is 0 Å². The van der Waals surface area contributed by atoms with Gasteiger partial charge in [-0.1, -0.05) is 72.8 Å². The fourth-order valence-electron chi connectivity index (χ4n) is 3.31. The van der Waals surface area contributed by atoms with Crippen LogP contribution in [0.1, 0.15) is 29.0 Å². The number of rotatable bonds is 8. The number of carbonyl (C=O) groups excluding carboxylic acids is 2. The van der Waals surface area contributed by atoms with E-state index in [-0.39, 0.29) is 24.3 Å². The Kier molecular flexibility index (Phi) is 7.36. The Morgan fingerprint density at radius 2 is 1.79 bits per heavy atom. The second kappa shape index (κ2) is 10.4. The second-order valence-corrected chi connectivity index (χ2v) is 7.08. The molecule has 0 aliphatic heterocycles. The van der Waals surface area contributed by atoms with Gasteiger partial charge < -0.3 is 16.4 Å². The minimum Gasteiger partial charge on any atom is -0.352 e. The summed E-state index contributed by atoms with van der Waals surface area (Å²) < 4.78 is 0. The largest absolute Gasteiger partial charge is 0.352 e. The van der Waals surface area contributed by atoms with Crippen molar-refractivity contribution in [3.05, 3.63) is 95.1 Å². The van der Waals surface area contributed by atoms with Crippen LogP contribution in [0.2, 0.25) is 0 Å². The van der Waals surface area contributed by atoms with E-state index in [1.54, 1.807) is 0 Å². The molecule has 150 valence electrons. The van der Waals surface area contributed by atoms with E-state index in [1.165, 1.54) is 11.1 Å². The molecule has 0 heterocycles. The first kappa shape index (κ1) is 20.6. The first-order valence-electron chi connectivity index (χ1n) is 9.92. The lowest BCUT2D eigenvalue weighted by Gasteiger charge is -2.17. The number of carbonyl (C=O) groups is 2. The summed E-state index contributed by atoms with van der Waals surface area (Å²) >= 11 is 0. The third-order valence-electron chi connectivity index (χ3n) is 4.96. The van der Waals surface area contributed by atoms with E-state index >= 15 is 0 Å². The summed E-state index contributed by atoms with van der Waals surface area (Å²) in [5, 5.41) is 5.77. The summed E-state index contributed by atoms with van der Waals surface area (Å²) in [5.41, 5.74) is 9.44. The number of amides is 2. The van der Waals surface area contributed by atoms with Crippen molar-refractivity contribution in [2.75, 3.05) is 13.1 Å². The average molecular weight is 389 g/mol. The van der Waals surface area contributed by atoms with Crippen LogP contribution in [0.25, 0.3) is 0 Å². The molecule has 1 aliphatic rings. The Labute approximate surface area is 171 Å². The number of hydrogen-bond acceptors (Lipinski definition) is 3. The van der Waals surface area contributed by atoms with E-state index in [9.17, 15) is 9.59 Å². The normalized spacial score (nSPS) is 15.5. The van der Waals surface area contributed by atoms with Crippen LogP contribution in [0.3, 0.4) is 0 Å². The lowest BCUT2D eigenvalue weighted by molar-refractivity contribution is -0.120. The SMILES string of the molecule is NCC(=O)NCc1cccc(C2C=CC(C(=O)NCCc3ccccc3)=CC2)c1. The van der Waals surface area contributed by atoms with Gasteiger partial charge in [-0.2, -0.15) is 0 Å². The molecule has 2 amide bonds. The van der Waals surface area contributed by atoms with Gasteiger partial charge in [0.25, 0.3) is 5.91 Å². The van der Waals surface area contributed by atoms with E-state index < -0.39 is 0 Å². The third-order valence-corrected chi connectivity index (χ3v) is 4.96. The molecule has 0 fully saturated rings. The molecule has 5 heteroatoms. The number of hydrogen-bond donors (Lipinski definition) is 3. The maximum Gasteiger partial charge on any atom is 0.250 e. The third kappa shape index (κ3) is 6.16. The molecule has 29 heavy (non-hydrogen) atoms. The average Bonchev–Trinajstić information content (AvgIpc) is 2.78. The topological polar surface area (TPSA) is 84.2 Å². The zero-order valence-corrected chi connectivity index (χ0v) is 16.4. The van der Waals surface area contributed by atoms with Crippen molar-refractivity contribution in [1.29, 1.82) is 0 Å². The standard InChI is InChI=1S/C24H27N3O2/c25-16-23(28)27-17-19-7-4-8-22(15-19)20-9-11-21(12-10-20)24(29)26-14-13-18-5-2-1-3-6-18/h1-9,11-12,15,20H,10,13-14,16-17,25H2,(H,26,29)(H,27,28). The van der Waals surface area contributed by atoms with Gasteiger partial charge in [0.05, 0.1) is 6.54 Å². The molecule has 1 atom stereocenters. The molecular weight excluding hydrogens is 362 g/mol. The predicted octanol–water partition coefficient (Wildman–Crippen LogP) is 2.59. The van der Waals surface area contributed by atoms with Gasteiger partial charge in [-0.3, -0.25) is 9.59 Å². The van der Waals surface area contributed by atoms with Crippen molar-refractivity contribution < 1.29 is 9.59 Å². The van der Waals surface area contributed by atoms with E-state index in [2.05, 4.69) is 41.0 Å². The summed E-state index contributed by atoms with van der Waals surface area (Å²) in [4.78, 5) is 23.7. The highest BCUT2D eigenvalue weighted by Gasteiger charge is 2.15. The van der Waals surface area contributed by atoms with Crippen molar-refractivity contribution in [3.8, 4) is 0 Å². The zero-order valence-electron chi connectivity index (χ0n) is 16.4. The van der Waals surface area contributed by atoms with Crippen LogP contribution in [-0.4, -0.2) is 24.9 Å². The summed E-state index contributed by atoms with van der Waals surface area (Å²) in [6, 6.07) is 18.2. The Morgan fingerprint density at radius 3 is 2.52 bits per heavy atom. The van der Waals surface area contributed by atoms with Gasteiger partial charge in [0.15, 0.2) is 0 Å². The van der Waals surface area contributed by atoms with Crippen LogP contribution in [0.5, 0.6) is 0 Å². The predicted molar refractivity (Wildman–Crippen MR) is 115 cm³/mol. The Hall–Kier alpha value is -3.18. The molecule has 1 unspecified atom stereocenters. The molecule has 5 nitrogen and oxygen atoms in total. The molecular formula is C24H27N3O2. The summed E-state index contributed by atoms with van der Waals surface area (Å²) in [6.07, 6.45) is 7.56. The van der Waals surface area contributed by atoms with Gasteiger partial charge in [-0.25, -0.2) is 0 Å². The Balaban J connectivity index is 1.50. The molecule has 2 aromatic rings. The summed E-state index contributed by atoms with van der Waals surface area (Å²) in [7, 11) is 0. The lowest BCUT2D eigenvalue weighted by Crippen LogP contribution is -2.29. The van der Waals surface area contributed by atoms with E-state index in [0.717, 1.165) is 18.4 Å². The highest BCUT2D eigenvalue weighted by molar-refractivity contribution is 5.96. The van der Waals surface area contributed by atoms with Gasteiger partial charge in [-0.05, 0) is 29.5 Å². The van der Waals surface area contributed by atoms with Gasteiger partial charge in [0.2, 0.25) is 5.91 Å². The van der Waals surface area contributed by atoms with Crippen molar-refractivity contribution >= 4 is 11.8 Å². The van der Waals surface area contributed by atoms with E-state index in [0.29, 0.717) is 18.7 Å². The fourth-order valence-corrected chi connectivity index (χ4v) is 3.31. The molecule has 2 aromatic carbocycles. The molecule has 4 N–H and O–H groups in total. The van der Waals surface area contributed by atoms with Crippen molar-refractivity contribution in [2.45, 2.75) is 25.3 Å². The number of nitrogens with two attached hydrogens (primary N) is 1.